The Morgan fingerprint density at radius 2 is 2.09 bits per heavy atom. The molecule has 122 valence electrons. The van der Waals surface area contributed by atoms with Crippen molar-refractivity contribution in [1.82, 2.24) is 10.2 Å². The largest absolute Gasteiger partial charge is 0.356 e. The Labute approximate surface area is 149 Å². The summed E-state index contributed by atoms with van der Waals surface area (Å²) in [5.41, 5.74) is 2.53. The van der Waals surface area contributed by atoms with E-state index in [1.807, 2.05) is 6.07 Å². The zero-order valence-electron chi connectivity index (χ0n) is 13.5. The molecule has 0 atom stereocenters. The van der Waals surface area contributed by atoms with Crippen LogP contribution >= 0.6 is 24.0 Å². The van der Waals surface area contributed by atoms with Gasteiger partial charge in [0.25, 0.3) is 0 Å². The van der Waals surface area contributed by atoms with Crippen LogP contribution in [0, 0.1) is 0 Å². The number of halogens is 1. The second kappa shape index (κ2) is 8.97. The zero-order chi connectivity index (χ0) is 15.2. The molecule has 1 aliphatic heterocycles. The fourth-order valence-corrected chi connectivity index (χ4v) is 2.32. The molecule has 1 amide bonds. The number of hydrogen-bond donors (Lipinski definition) is 1. The summed E-state index contributed by atoms with van der Waals surface area (Å²) in [7, 11) is 3.50. The first kappa shape index (κ1) is 18.7. The highest BCUT2D eigenvalue weighted by Crippen LogP contribution is 2.27. The number of amides is 1. The van der Waals surface area contributed by atoms with Gasteiger partial charge in [0.15, 0.2) is 5.96 Å². The van der Waals surface area contributed by atoms with Crippen LogP contribution < -0.4 is 10.2 Å². The number of carbonyl (C=O) groups is 1. The summed E-state index contributed by atoms with van der Waals surface area (Å²) in [6.45, 7) is 4.06. The molecule has 0 unspecified atom stereocenters. The SMILES string of the molecule is CCCNC(=NCC(=O)N(C)C)N1CCc2ccccc21.I. The van der Waals surface area contributed by atoms with Crippen LogP contribution in [0.25, 0.3) is 0 Å². The normalized spacial score (nSPS) is 13.4. The molecule has 1 N–H and O–H groups in total. The van der Waals surface area contributed by atoms with E-state index in [4.69, 9.17) is 0 Å². The van der Waals surface area contributed by atoms with E-state index in [0.717, 1.165) is 31.9 Å². The topological polar surface area (TPSA) is 47.9 Å². The van der Waals surface area contributed by atoms with Gasteiger partial charge in [0.2, 0.25) is 5.91 Å². The van der Waals surface area contributed by atoms with Gasteiger partial charge in [0.05, 0.1) is 0 Å². The van der Waals surface area contributed by atoms with Crippen LogP contribution in [0.2, 0.25) is 0 Å². The number of benzene rings is 1. The summed E-state index contributed by atoms with van der Waals surface area (Å²) in [5, 5.41) is 3.35. The smallest absolute Gasteiger partial charge is 0.243 e. The highest BCUT2D eigenvalue weighted by Gasteiger charge is 2.22. The standard InChI is InChI=1S/C16H24N4O.HI/c1-4-10-17-16(18-12-15(21)19(2)3)20-11-9-13-7-5-6-8-14(13)20;/h5-8H,4,9-12H2,1-3H3,(H,17,18);1H. The maximum atomic E-state index is 11.8. The van der Waals surface area contributed by atoms with Gasteiger partial charge in [-0.25, -0.2) is 4.99 Å². The van der Waals surface area contributed by atoms with Crippen molar-refractivity contribution in [3.63, 3.8) is 0 Å². The molecule has 0 bridgehead atoms. The first-order valence-corrected chi connectivity index (χ1v) is 7.47. The summed E-state index contributed by atoms with van der Waals surface area (Å²) in [4.78, 5) is 20.0. The highest BCUT2D eigenvalue weighted by atomic mass is 127. The molecule has 5 nitrogen and oxygen atoms in total. The Morgan fingerprint density at radius 3 is 2.77 bits per heavy atom. The molecule has 1 aliphatic rings. The second-order valence-electron chi connectivity index (χ2n) is 5.39. The predicted octanol–water partition coefficient (Wildman–Crippen LogP) is 2.11. The number of aliphatic imine (C=N–C) groups is 1. The minimum atomic E-state index is 0. The first-order chi connectivity index (χ1) is 10.1. The van der Waals surface area contributed by atoms with Crippen molar-refractivity contribution in [2.45, 2.75) is 19.8 Å². The summed E-state index contributed by atoms with van der Waals surface area (Å²) >= 11 is 0. The quantitative estimate of drug-likeness (QED) is 0.465. The molecule has 0 radical (unpaired) electrons. The van der Waals surface area contributed by atoms with Gasteiger partial charge in [-0.15, -0.1) is 24.0 Å². The van der Waals surface area contributed by atoms with Crippen LogP contribution in [-0.2, 0) is 11.2 Å². The van der Waals surface area contributed by atoms with Crippen LogP contribution in [0.1, 0.15) is 18.9 Å². The van der Waals surface area contributed by atoms with Crippen molar-refractivity contribution in [3.05, 3.63) is 29.8 Å². The molecule has 22 heavy (non-hydrogen) atoms. The monoisotopic (exact) mass is 416 g/mol. The van der Waals surface area contributed by atoms with Crippen molar-refractivity contribution in [3.8, 4) is 0 Å². The van der Waals surface area contributed by atoms with Gasteiger partial charge in [-0.3, -0.25) is 4.79 Å². The van der Waals surface area contributed by atoms with Gasteiger partial charge < -0.3 is 15.1 Å². The van der Waals surface area contributed by atoms with Gasteiger partial charge >= 0.3 is 0 Å². The van der Waals surface area contributed by atoms with Crippen LogP contribution in [0.15, 0.2) is 29.3 Å². The van der Waals surface area contributed by atoms with Gasteiger partial charge in [-0.1, -0.05) is 25.1 Å². The first-order valence-electron chi connectivity index (χ1n) is 7.47. The van der Waals surface area contributed by atoms with Gasteiger partial charge in [0.1, 0.15) is 6.54 Å². The fourth-order valence-electron chi connectivity index (χ4n) is 2.32. The lowest BCUT2D eigenvalue weighted by Gasteiger charge is -2.23. The lowest BCUT2D eigenvalue weighted by atomic mass is 10.2. The lowest BCUT2D eigenvalue weighted by Crippen LogP contribution is -2.41. The summed E-state index contributed by atoms with van der Waals surface area (Å²) in [6.07, 6.45) is 2.04. The molecule has 2 rings (SSSR count). The molecular formula is C16H25IN4O. The van der Waals surface area contributed by atoms with Gasteiger partial charge in [-0.05, 0) is 24.5 Å². The van der Waals surface area contributed by atoms with E-state index in [2.05, 4.69) is 40.3 Å². The number of rotatable bonds is 4. The van der Waals surface area contributed by atoms with Gasteiger partial charge in [-0.2, -0.15) is 0 Å². The number of likely N-dealkylation sites (N-methyl/N-ethyl adjacent to an activating group) is 1. The average Bonchev–Trinajstić information content (AvgIpc) is 2.91. The third-order valence-electron chi connectivity index (χ3n) is 3.54. The number of para-hydroxylation sites is 1. The molecule has 0 aliphatic carbocycles. The van der Waals surface area contributed by atoms with Crippen molar-refractivity contribution >= 4 is 41.5 Å². The molecule has 0 saturated carbocycles. The number of nitrogens with one attached hydrogen (secondary N) is 1. The van der Waals surface area contributed by atoms with Crippen molar-refractivity contribution in [2.75, 3.05) is 38.6 Å². The van der Waals surface area contributed by atoms with Crippen LogP contribution in [0.5, 0.6) is 0 Å². The average molecular weight is 416 g/mol. The van der Waals surface area contributed by atoms with Gasteiger partial charge in [0, 0.05) is 32.9 Å². The highest BCUT2D eigenvalue weighted by molar-refractivity contribution is 14.0. The Kier molecular flexibility index (Phi) is 7.64. The number of hydrogen-bond acceptors (Lipinski definition) is 2. The van der Waals surface area contributed by atoms with E-state index in [-0.39, 0.29) is 36.4 Å². The van der Waals surface area contributed by atoms with E-state index in [0.29, 0.717) is 0 Å². The van der Waals surface area contributed by atoms with E-state index in [9.17, 15) is 4.79 Å². The van der Waals surface area contributed by atoms with Crippen molar-refractivity contribution in [2.24, 2.45) is 4.99 Å². The third-order valence-corrected chi connectivity index (χ3v) is 3.54. The van der Waals surface area contributed by atoms with E-state index >= 15 is 0 Å². The van der Waals surface area contributed by atoms with E-state index in [1.54, 1.807) is 19.0 Å². The molecule has 0 saturated heterocycles. The third kappa shape index (κ3) is 4.59. The molecular weight excluding hydrogens is 391 g/mol. The predicted molar refractivity (Wildman–Crippen MR) is 102 cm³/mol. The number of fused-ring (bicyclic) bond motifs is 1. The molecule has 0 fully saturated rings. The van der Waals surface area contributed by atoms with Crippen LogP contribution in [0.3, 0.4) is 0 Å². The molecule has 1 heterocycles. The fraction of sp³-hybridized carbons (Fsp3) is 0.500. The maximum absolute atomic E-state index is 11.8. The Morgan fingerprint density at radius 1 is 1.36 bits per heavy atom. The van der Waals surface area contributed by atoms with Crippen molar-refractivity contribution < 1.29 is 4.79 Å². The van der Waals surface area contributed by atoms with E-state index < -0.39 is 0 Å². The minimum absolute atomic E-state index is 0. The molecule has 0 aromatic heterocycles. The Balaban J connectivity index is 0.00000242. The van der Waals surface area contributed by atoms with Crippen LogP contribution in [0.4, 0.5) is 5.69 Å². The minimum Gasteiger partial charge on any atom is -0.356 e. The summed E-state index contributed by atoms with van der Waals surface area (Å²) in [5.74, 6) is 0.815. The number of guanidine groups is 1. The maximum Gasteiger partial charge on any atom is 0.243 e. The molecule has 1 aromatic rings. The Bertz CT molecular complexity index is 531. The number of anilines is 1. The van der Waals surface area contributed by atoms with E-state index in [1.165, 1.54) is 11.3 Å². The molecule has 0 spiro atoms. The summed E-state index contributed by atoms with van der Waals surface area (Å²) in [6, 6.07) is 8.37. The van der Waals surface area contributed by atoms with Crippen LogP contribution in [-0.4, -0.2) is 50.5 Å². The summed E-state index contributed by atoms with van der Waals surface area (Å²) < 4.78 is 0. The number of nitrogens with zero attached hydrogens (tertiary/aromatic N) is 3. The second-order valence-corrected chi connectivity index (χ2v) is 5.39. The number of carbonyl (C=O) groups excluding carboxylic acids is 1. The zero-order valence-corrected chi connectivity index (χ0v) is 15.8. The molecule has 1 aromatic carbocycles. The lowest BCUT2D eigenvalue weighted by molar-refractivity contribution is -0.127. The molecule has 6 heteroatoms. The Hall–Kier alpha value is -1.31. The van der Waals surface area contributed by atoms with Crippen molar-refractivity contribution in [1.29, 1.82) is 0 Å².